The molecular weight excluding hydrogens is 318 g/mol. The van der Waals surface area contributed by atoms with E-state index in [1.54, 1.807) is 28.8 Å². The number of amides is 1. The third kappa shape index (κ3) is 3.69. The fourth-order valence-electron chi connectivity index (χ4n) is 2.88. The predicted octanol–water partition coefficient (Wildman–Crippen LogP) is 2.36. The van der Waals surface area contributed by atoms with E-state index in [9.17, 15) is 14.7 Å². The summed E-state index contributed by atoms with van der Waals surface area (Å²) in [5, 5.41) is 13.7. The van der Waals surface area contributed by atoms with E-state index in [1.165, 1.54) is 0 Å². The molecule has 25 heavy (non-hydrogen) atoms. The Labute approximate surface area is 147 Å². The zero-order valence-corrected chi connectivity index (χ0v) is 15.1. The normalized spacial score (nSPS) is 11.7. The minimum absolute atomic E-state index is 0.221. The molecule has 0 aliphatic carbocycles. The van der Waals surface area contributed by atoms with Crippen molar-refractivity contribution in [1.82, 2.24) is 9.88 Å². The SMILES string of the molecule is CCCn1c(=O)c(C(=O)NCC(N)(CC)CC)c(O)c2ccccc21. The first-order valence-corrected chi connectivity index (χ1v) is 8.80. The van der Waals surface area contributed by atoms with E-state index >= 15 is 0 Å². The van der Waals surface area contributed by atoms with Gasteiger partial charge in [-0.05, 0) is 31.4 Å². The van der Waals surface area contributed by atoms with Gasteiger partial charge in [0.05, 0.1) is 5.52 Å². The molecule has 0 atom stereocenters. The molecule has 1 amide bonds. The van der Waals surface area contributed by atoms with Crippen LogP contribution in [0.2, 0.25) is 0 Å². The van der Waals surface area contributed by atoms with E-state index in [0.717, 1.165) is 6.42 Å². The molecule has 1 aromatic heterocycles. The lowest BCUT2D eigenvalue weighted by molar-refractivity contribution is 0.0937. The highest BCUT2D eigenvalue weighted by molar-refractivity contribution is 6.02. The summed E-state index contributed by atoms with van der Waals surface area (Å²) in [6.07, 6.45) is 2.15. The summed E-state index contributed by atoms with van der Waals surface area (Å²) in [4.78, 5) is 25.4. The number of fused-ring (bicyclic) bond motifs is 1. The molecule has 0 bridgehead atoms. The van der Waals surface area contributed by atoms with Crippen LogP contribution in [0.5, 0.6) is 5.75 Å². The number of pyridine rings is 1. The van der Waals surface area contributed by atoms with Crippen molar-refractivity contribution < 1.29 is 9.90 Å². The summed E-state index contributed by atoms with van der Waals surface area (Å²) >= 11 is 0. The molecule has 0 saturated carbocycles. The lowest BCUT2D eigenvalue weighted by atomic mass is 9.94. The van der Waals surface area contributed by atoms with E-state index in [2.05, 4.69) is 5.32 Å². The predicted molar refractivity (Wildman–Crippen MR) is 100.0 cm³/mol. The van der Waals surface area contributed by atoms with Crippen LogP contribution in [0.3, 0.4) is 0 Å². The van der Waals surface area contributed by atoms with E-state index in [-0.39, 0.29) is 17.9 Å². The van der Waals surface area contributed by atoms with Crippen molar-refractivity contribution in [1.29, 1.82) is 0 Å². The van der Waals surface area contributed by atoms with Crippen LogP contribution in [0.25, 0.3) is 10.9 Å². The fraction of sp³-hybridized carbons (Fsp3) is 0.474. The number of aromatic nitrogens is 1. The number of aromatic hydroxyl groups is 1. The lowest BCUT2D eigenvalue weighted by Gasteiger charge is -2.26. The molecule has 1 aromatic carbocycles. The van der Waals surface area contributed by atoms with E-state index in [0.29, 0.717) is 30.3 Å². The third-order valence-electron chi connectivity index (χ3n) is 4.83. The zero-order valence-electron chi connectivity index (χ0n) is 15.1. The Morgan fingerprint density at radius 3 is 2.48 bits per heavy atom. The second-order valence-electron chi connectivity index (χ2n) is 6.45. The average molecular weight is 345 g/mol. The Morgan fingerprint density at radius 1 is 1.24 bits per heavy atom. The van der Waals surface area contributed by atoms with Crippen LogP contribution in [0.1, 0.15) is 50.4 Å². The van der Waals surface area contributed by atoms with Crippen LogP contribution < -0.4 is 16.6 Å². The summed E-state index contributed by atoms with van der Waals surface area (Å²) in [6.45, 7) is 6.59. The first-order valence-electron chi connectivity index (χ1n) is 8.80. The van der Waals surface area contributed by atoms with Gasteiger partial charge in [-0.3, -0.25) is 9.59 Å². The Balaban J connectivity index is 2.50. The highest BCUT2D eigenvalue weighted by atomic mass is 16.3. The second-order valence-corrected chi connectivity index (χ2v) is 6.45. The van der Waals surface area contributed by atoms with Gasteiger partial charge in [-0.2, -0.15) is 0 Å². The third-order valence-corrected chi connectivity index (χ3v) is 4.83. The monoisotopic (exact) mass is 345 g/mol. The van der Waals surface area contributed by atoms with Gasteiger partial charge < -0.3 is 20.7 Å². The molecule has 1 heterocycles. The van der Waals surface area contributed by atoms with Crippen molar-refractivity contribution in [2.75, 3.05) is 6.54 Å². The molecule has 0 aliphatic rings. The zero-order chi connectivity index (χ0) is 18.6. The fourth-order valence-corrected chi connectivity index (χ4v) is 2.88. The summed E-state index contributed by atoms with van der Waals surface area (Å²) in [7, 11) is 0. The number of aryl methyl sites for hydroxylation is 1. The Kier molecular flexibility index (Phi) is 5.85. The van der Waals surface area contributed by atoms with Crippen LogP contribution in [-0.2, 0) is 6.54 Å². The van der Waals surface area contributed by atoms with Crippen LogP contribution in [0.4, 0.5) is 0 Å². The van der Waals surface area contributed by atoms with Gasteiger partial charge in [0.1, 0.15) is 11.3 Å². The van der Waals surface area contributed by atoms with Gasteiger partial charge in [0.2, 0.25) is 0 Å². The standard InChI is InChI=1S/C19H27N3O3/c1-4-11-22-14-10-8-7-9-13(14)16(23)15(18(22)25)17(24)21-12-19(20,5-2)6-3/h7-10,23H,4-6,11-12,20H2,1-3H3,(H,21,24). The molecule has 136 valence electrons. The van der Waals surface area contributed by atoms with Crippen LogP contribution >= 0.6 is 0 Å². The van der Waals surface area contributed by atoms with E-state index in [1.807, 2.05) is 20.8 Å². The van der Waals surface area contributed by atoms with E-state index in [4.69, 9.17) is 5.73 Å². The van der Waals surface area contributed by atoms with Gasteiger partial charge in [-0.1, -0.05) is 32.9 Å². The van der Waals surface area contributed by atoms with Gasteiger partial charge in [0.25, 0.3) is 11.5 Å². The summed E-state index contributed by atoms with van der Waals surface area (Å²) < 4.78 is 1.54. The molecule has 2 rings (SSSR count). The van der Waals surface area contributed by atoms with Gasteiger partial charge in [0, 0.05) is 24.0 Å². The number of hydrogen-bond acceptors (Lipinski definition) is 4. The molecule has 2 aromatic rings. The van der Waals surface area contributed by atoms with Crippen molar-refractivity contribution in [3.63, 3.8) is 0 Å². The molecule has 0 aliphatic heterocycles. The Bertz CT molecular complexity index is 823. The van der Waals surface area contributed by atoms with Crippen LogP contribution in [0.15, 0.2) is 29.1 Å². The minimum atomic E-state index is -0.588. The lowest BCUT2D eigenvalue weighted by Crippen LogP contribution is -2.50. The maximum absolute atomic E-state index is 12.8. The van der Waals surface area contributed by atoms with Gasteiger partial charge in [0.15, 0.2) is 0 Å². The van der Waals surface area contributed by atoms with Crippen molar-refractivity contribution >= 4 is 16.8 Å². The van der Waals surface area contributed by atoms with E-state index < -0.39 is 17.0 Å². The number of nitrogens with zero attached hydrogens (tertiary/aromatic N) is 1. The summed E-state index contributed by atoms with van der Waals surface area (Å²) in [5.41, 5.74) is 5.61. The molecule has 0 saturated heterocycles. The molecule has 0 spiro atoms. The number of nitrogens with two attached hydrogens (primary N) is 1. The number of benzene rings is 1. The Hall–Kier alpha value is -2.34. The second kappa shape index (κ2) is 7.70. The maximum Gasteiger partial charge on any atom is 0.267 e. The molecular formula is C19H27N3O3. The maximum atomic E-state index is 12.8. The number of nitrogens with one attached hydrogen (secondary N) is 1. The minimum Gasteiger partial charge on any atom is -0.506 e. The van der Waals surface area contributed by atoms with Crippen LogP contribution in [0, 0.1) is 0 Å². The van der Waals surface area contributed by atoms with Gasteiger partial charge in [-0.25, -0.2) is 0 Å². The molecule has 0 radical (unpaired) electrons. The average Bonchev–Trinajstić information content (AvgIpc) is 2.63. The summed E-state index contributed by atoms with van der Waals surface area (Å²) in [6, 6.07) is 7.05. The van der Waals surface area contributed by atoms with Crippen molar-refractivity contribution in [2.45, 2.75) is 52.1 Å². The van der Waals surface area contributed by atoms with Crippen molar-refractivity contribution in [2.24, 2.45) is 5.73 Å². The smallest absolute Gasteiger partial charge is 0.267 e. The number of carbonyl (C=O) groups excluding carboxylic acids is 1. The molecule has 4 N–H and O–H groups in total. The first kappa shape index (κ1) is 19.0. The van der Waals surface area contributed by atoms with Crippen molar-refractivity contribution in [3.8, 4) is 5.75 Å². The molecule has 6 nitrogen and oxygen atoms in total. The van der Waals surface area contributed by atoms with Gasteiger partial charge >= 0.3 is 0 Å². The number of rotatable bonds is 7. The number of carbonyl (C=O) groups is 1. The molecule has 6 heteroatoms. The van der Waals surface area contributed by atoms with Gasteiger partial charge in [-0.15, -0.1) is 0 Å². The quantitative estimate of drug-likeness (QED) is 0.717. The Morgan fingerprint density at radius 2 is 1.88 bits per heavy atom. The number of hydrogen-bond donors (Lipinski definition) is 3. The topological polar surface area (TPSA) is 97.4 Å². The van der Waals surface area contributed by atoms with Crippen molar-refractivity contribution in [3.05, 3.63) is 40.2 Å². The molecule has 0 fully saturated rings. The highest BCUT2D eigenvalue weighted by Crippen LogP contribution is 2.26. The first-order chi connectivity index (χ1) is 11.9. The number of para-hydroxylation sites is 1. The molecule has 0 unspecified atom stereocenters. The highest BCUT2D eigenvalue weighted by Gasteiger charge is 2.25. The summed E-state index contributed by atoms with van der Waals surface area (Å²) in [5.74, 6) is -0.865. The van der Waals surface area contributed by atoms with Crippen LogP contribution in [-0.4, -0.2) is 27.7 Å². The largest absolute Gasteiger partial charge is 0.506 e.